The third kappa shape index (κ3) is 4.15. The second-order valence-electron chi connectivity index (χ2n) is 4.58. The van der Waals surface area contributed by atoms with Crippen LogP contribution in [0.25, 0.3) is 0 Å². The lowest BCUT2D eigenvalue weighted by molar-refractivity contribution is 0.408. The standard InChI is InChI=1S/C14H27N3/c1-5-9-15-13(7-3)11-17-14(8-4)10-12(6-2)16-17/h10,13,15H,5-9,11H2,1-4H3. The second-order valence-corrected chi connectivity index (χ2v) is 4.58. The molecule has 3 heteroatoms. The SMILES string of the molecule is CCCNC(CC)Cn1nc(CC)cc1CC. The van der Waals surface area contributed by atoms with Gasteiger partial charge in [0, 0.05) is 11.7 Å². The van der Waals surface area contributed by atoms with Crippen LogP contribution in [0.1, 0.15) is 51.9 Å². The maximum Gasteiger partial charge on any atom is 0.0624 e. The van der Waals surface area contributed by atoms with Gasteiger partial charge in [0.15, 0.2) is 0 Å². The molecule has 1 N–H and O–H groups in total. The summed E-state index contributed by atoms with van der Waals surface area (Å²) in [6, 6.07) is 2.79. The fourth-order valence-electron chi connectivity index (χ4n) is 2.03. The van der Waals surface area contributed by atoms with Crippen molar-refractivity contribution in [3.63, 3.8) is 0 Å². The predicted octanol–water partition coefficient (Wildman–Crippen LogP) is 2.79. The lowest BCUT2D eigenvalue weighted by Gasteiger charge is -2.17. The van der Waals surface area contributed by atoms with E-state index >= 15 is 0 Å². The Hall–Kier alpha value is -0.830. The Morgan fingerprint density at radius 2 is 2.00 bits per heavy atom. The summed E-state index contributed by atoms with van der Waals surface area (Å²) in [4.78, 5) is 0. The molecule has 0 aliphatic carbocycles. The molecule has 1 heterocycles. The monoisotopic (exact) mass is 237 g/mol. The van der Waals surface area contributed by atoms with Crippen LogP contribution in [0.4, 0.5) is 0 Å². The van der Waals surface area contributed by atoms with Gasteiger partial charge in [0.05, 0.1) is 12.2 Å². The maximum atomic E-state index is 4.67. The molecule has 0 saturated heterocycles. The molecule has 0 radical (unpaired) electrons. The second kappa shape index (κ2) is 7.49. The van der Waals surface area contributed by atoms with Crippen molar-refractivity contribution in [2.24, 2.45) is 0 Å². The summed E-state index contributed by atoms with van der Waals surface area (Å²) in [7, 11) is 0. The Morgan fingerprint density at radius 1 is 1.24 bits per heavy atom. The average Bonchev–Trinajstić information content (AvgIpc) is 2.76. The van der Waals surface area contributed by atoms with Crippen LogP contribution < -0.4 is 5.32 Å². The Balaban J connectivity index is 2.67. The van der Waals surface area contributed by atoms with E-state index in [-0.39, 0.29) is 0 Å². The van der Waals surface area contributed by atoms with E-state index in [9.17, 15) is 0 Å². The lowest BCUT2D eigenvalue weighted by atomic mass is 10.2. The first kappa shape index (κ1) is 14.2. The van der Waals surface area contributed by atoms with Crippen LogP contribution in [0, 0.1) is 0 Å². The van der Waals surface area contributed by atoms with Gasteiger partial charge < -0.3 is 5.32 Å². The third-order valence-corrected chi connectivity index (χ3v) is 3.21. The van der Waals surface area contributed by atoms with Crippen molar-refractivity contribution < 1.29 is 0 Å². The van der Waals surface area contributed by atoms with Crippen molar-refractivity contribution >= 4 is 0 Å². The Morgan fingerprint density at radius 3 is 2.53 bits per heavy atom. The van der Waals surface area contributed by atoms with E-state index < -0.39 is 0 Å². The first-order valence-corrected chi connectivity index (χ1v) is 7.04. The van der Waals surface area contributed by atoms with Gasteiger partial charge in [0.1, 0.15) is 0 Å². The van der Waals surface area contributed by atoms with Gasteiger partial charge in [-0.05, 0) is 38.3 Å². The van der Waals surface area contributed by atoms with Crippen molar-refractivity contribution in [3.8, 4) is 0 Å². The van der Waals surface area contributed by atoms with Crippen LogP contribution in [0.15, 0.2) is 6.07 Å². The summed E-state index contributed by atoms with van der Waals surface area (Å²) in [5, 5.41) is 8.26. The molecule has 0 aliphatic rings. The molecule has 1 aromatic rings. The van der Waals surface area contributed by atoms with E-state index in [0.29, 0.717) is 6.04 Å². The topological polar surface area (TPSA) is 29.9 Å². The minimum atomic E-state index is 0.546. The molecule has 0 saturated carbocycles. The molecule has 1 atom stereocenters. The average molecular weight is 237 g/mol. The Bertz CT molecular complexity index is 317. The maximum absolute atomic E-state index is 4.67. The van der Waals surface area contributed by atoms with Gasteiger partial charge in [0.2, 0.25) is 0 Å². The van der Waals surface area contributed by atoms with Crippen molar-refractivity contribution in [2.75, 3.05) is 6.54 Å². The zero-order chi connectivity index (χ0) is 12.7. The Kier molecular flexibility index (Phi) is 6.27. The highest BCUT2D eigenvalue weighted by Gasteiger charge is 2.10. The first-order chi connectivity index (χ1) is 8.24. The molecule has 1 aromatic heterocycles. The van der Waals surface area contributed by atoms with Gasteiger partial charge >= 0.3 is 0 Å². The smallest absolute Gasteiger partial charge is 0.0624 e. The molecule has 0 amide bonds. The molecule has 98 valence electrons. The van der Waals surface area contributed by atoms with E-state index in [1.807, 2.05) is 0 Å². The van der Waals surface area contributed by atoms with E-state index in [2.05, 4.69) is 48.9 Å². The molecule has 0 aliphatic heterocycles. The van der Waals surface area contributed by atoms with Gasteiger partial charge in [-0.2, -0.15) is 5.10 Å². The summed E-state index contributed by atoms with van der Waals surface area (Å²) >= 11 is 0. The molecule has 0 bridgehead atoms. The van der Waals surface area contributed by atoms with E-state index in [4.69, 9.17) is 0 Å². The van der Waals surface area contributed by atoms with Crippen LogP contribution in [0.2, 0.25) is 0 Å². The van der Waals surface area contributed by atoms with Crippen LogP contribution in [0.3, 0.4) is 0 Å². The van der Waals surface area contributed by atoms with Crippen LogP contribution in [-0.2, 0) is 19.4 Å². The highest BCUT2D eigenvalue weighted by atomic mass is 15.3. The fourth-order valence-corrected chi connectivity index (χ4v) is 2.03. The molecule has 17 heavy (non-hydrogen) atoms. The van der Waals surface area contributed by atoms with Crippen molar-refractivity contribution in [2.45, 2.75) is 66.0 Å². The summed E-state index contributed by atoms with van der Waals surface area (Å²) in [6.07, 6.45) is 4.44. The van der Waals surface area contributed by atoms with Crippen LogP contribution >= 0.6 is 0 Å². The van der Waals surface area contributed by atoms with E-state index in [1.165, 1.54) is 17.8 Å². The zero-order valence-electron chi connectivity index (χ0n) is 11.8. The van der Waals surface area contributed by atoms with Gasteiger partial charge in [-0.3, -0.25) is 4.68 Å². The number of aromatic nitrogens is 2. The summed E-state index contributed by atoms with van der Waals surface area (Å²) in [6.45, 7) is 10.9. The number of aryl methyl sites for hydroxylation is 2. The highest BCUT2D eigenvalue weighted by Crippen LogP contribution is 2.08. The van der Waals surface area contributed by atoms with Crippen molar-refractivity contribution in [1.82, 2.24) is 15.1 Å². The molecular weight excluding hydrogens is 210 g/mol. The number of hydrogen-bond donors (Lipinski definition) is 1. The molecule has 0 aromatic carbocycles. The largest absolute Gasteiger partial charge is 0.312 e. The predicted molar refractivity (Wildman–Crippen MR) is 73.4 cm³/mol. The van der Waals surface area contributed by atoms with Gasteiger partial charge in [-0.1, -0.05) is 27.7 Å². The lowest BCUT2D eigenvalue weighted by Crippen LogP contribution is -2.34. The summed E-state index contributed by atoms with van der Waals surface area (Å²) in [5.74, 6) is 0. The first-order valence-electron chi connectivity index (χ1n) is 7.04. The fraction of sp³-hybridized carbons (Fsp3) is 0.786. The molecule has 0 spiro atoms. The zero-order valence-corrected chi connectivity index (χ0v) is 11.8. The minimum Gasteiger partial charge on any atom is -0.312 e. The molecule has 1 rings (SSSR count). The molecule has 1 unspecified atom stereocenters. The minimum absolute atomic E-state index is 0.546. The third-order valence-electron chi connectivity index (χ3n) is 3.21. The number of nitrogens with zero attached hydrogens (tertiary/aromatic N) is 2. The summed E-state index contributed by atoms with van der Waals surface area (Å²) in [5.41, 5.74) is 2.57. The Labute approximate surface area is 106 Å². The van der Waals surface area contributed by atoms with Crippen LogP contribution in [0.5, 0.6) is 0 Å². The quantitative estimate of drug-likeness (QED) is 0.753. The van der Waals surface area contributed by atoms with Gasteiger partial charge in [0.25, 0.3) is 0 Å². The molecular formula is C14H27N3. The highest BCUT2D eigenvalue weighted by molar-refractivity contribution is 5.10. The van der Waals surface area contributed by atoms with Gasteiger partial charge in [-0.15, -0.1) is 0 Å². The van der Waals surface area contributed by atoms with Crippen molar-refractivity contribution in [3.05, 3.63) is 17.5 Å². The van der Waals surface area contributed by atoms with E-state index in [1.54, 1.807) is 0 Å². The summed E-state index contributed by atoms with van der Waals surface area (Å²) < 4.78 is 2.19. The normalized spacial score (nSPS) is 12.9. The van der Waals surface area contributed by atoms with E-state index in [0.717, 1.165) is 32.4 Å². The molecule has 3 nitrogen and oxygen atoms in total. The number of rotatable bonds is 8. The molecule has 0 fully saturated rings. The van der Waals surface area contributed by atoms with Gasteiger partial charge in [-0.25, -0.2) is 0 Å². The van der Waals surface area contributed by atoms with Crippen LogP contribution in [-0.4, -0.2) is 22.4 Å². The number of hydrogen-bond acceptors (Lipinski definition) is 2. The number of nitrogens with one attached hydrogen (secondary N) is 1. The van der Waals surface area contributed by atoms with Crippen molar-refractivity contribution in [1.29, 1.82) is 0 Å².